The van der Waals surface area contributed by atoms with Crippen LogP contribution < -0.4 is 4.74 Å². The Morgan fingerprint density at radius 3 is 2.33 bits per heavy atom. The summed E-state index contributed by atoms with van der Waals surface area (Å²) in [5.41, 5.74) is 0.437. The monoisotopic (exact) mass is 290 g/mol. The van der Waals surface area contributed by atoms with E-state index in [1.807, 2.05) is 24.3 Å². The van der Waals surface area contributed by atoms with Crippen LogP contribution in [-0.4, -0.2) is 11.7 Å². The summed E-state index contributed by atoms with van der Waals surface area (Å²) in [5.74, 6) is 1.72. The van der Waals surface area contributed by atoms with Gasteiger partial charge in [0.25, 0.3) is 0 Å². The van der Waals surface area contributed by atoms with Gasteiger partial charge in [-0.2, -0.15) is 0 Å². The van der Waals surface area contributed by atoms with Gasteiger partial charge in [-0.25, -0.2) is 0 Å². The molecule has 0 spiro atoms. The summed E-state index contributed by atoms with van der Waals surface area (Å²) < 4.78 is 5.69. The number of benzene rings is 1. The first-order chi connectivity index (χ1) is 10.2. The van der Waals surface area contributed by atoms with Crippen molar-refractivity contribution in [2.75, 3.05) is 6.61 Å². The highest BCUT2D eigenvalue weighted by molar-refractivity contribution is 5.31. The smallest absolute Gasteiger partial charge is 0.119 e. The van der Waals surface area contributed by atoms with Crippen LogP contribution in [0.3, 0.4) is 0 Å². The van der Waals surface area contributed by atoms with Crippen LogP contribution >= 0.6 is 0 Å². The molecule has 0 bridgehead atoms. The first-order valence-electron chi connectivity index (χ1n) is 8.63. The molecule has 1 N–H and O–H groups in total. The molecule has 2 nitrogen and oxygen atoms in total. The molecule has 0 amide bonds. The van der Waals surface area contributed by atoms with Gasteiger partial charge < -0.3 is 9.84 Å². The second-order valence-corrected chi connectivity index (χ2v) is 6.49. The fraction of sp³-hybridized carbons (Fsp3) is 0.684. The zero-order valence-electron chi connectivity index (χ0n) is 13.6. The van der Waals surface area contributed by atoms with Crippen LogP contribution in [0, 0.1) is 5.92 Å². The predicted molar refractivity (Wildman–Crippen MR) is 87.6 cm³/mol. The average molecular weight is 290 g/mol. The number of hydrogen-bond acceptors (Lipinski definition) is 2. The minimum absolute atomic E-state index is 0.619. The van der Waals surface area contributed by atoms with E-state index in [-0.39, 0.29) is 0 Å². The average Bonchev–Trinajstić information content (AvgIpc) is 2.51. The molecule has 0 aliphatic heterocycles. The molecule has 1 aliphatic rings. The molecule has 0 unspecified atom stereocenters. The number of rotatable bonds is 7. The molecule has 0 saturated heterocycles. The summed E-state index contributed by atoms with van der Waals surface area (Å²) in [5, 5.41) is 10.9. The van der Waals surface area contributed by atoms with Crippen molar-refractivity contribution in [3.05, 3.63) is 29.8 Å². The van der Waals surface area contributed by atoms with Gasteiger partial charge in [-0.3, -0.25) is 0 Å². The first-order valence-corrected chi connectivity index (χ1v) is 8.63. The van der Waals surface area contributed by atoms with Crippen LogP contribution in [0.5, 0.6) is 5.75 Å². The third kappa shape index (κ3) is 4.47. The molecule has 21 heavy (non-hydrogen) atoms. The Morgan fingerprint density at radius 1 is 1.10 bits per heavy atom. The lowest BCUT2D eigenvalue weighted by atomic mass is 9.74. The van der Waals surface area contributed by atoms with Gasteiger partial charge in [0.15, 0.2) is 0 Å². The van der Waals surface area contributed by atoms with Crippen molar-refractivity contribution in [3.63, 3.8) is 0 Å². The molecule has 118 valence electrons. The van der Waals surface area contributed by atoms with Crippen molar-refractivity contribution < 1.29 is 9.84 Å². The second-order valence-electron chi connectivity index (χ2n) is 6.49. The molecular formula is C19H30O2. The topological polar surface area (TPSA) is 29.5 Å². The SMILES string of the molecule is CCCCOc1ccc(C2(O)CCC(CCC)CC2)cc1. The lowest BCUT2D eigenvalue weighted by Gasteiger charge is -2.36. The fourth-order valence-electron chi connectivity index (χ4n) is 3.34. The van der Waals surface area contributed by atoms with E-state index in [0.717, 1.165) is 62.4 Å². The molecule has 1 fully saturated rings. The Bertz CT molecular complexity index is 402. The highest BCUT2D eigenvalue weighted by Crippen LogP contribution is 2.41. The molecule has 2 heteroatoms. The summed E-state index contributed by atoms with van der Waals surface area (Å²) >= 11 is 0. The summed E-state index contributed by atoms with van der Waals surface area (Å²) in [4.78, 5) is 0. The van der Waals surface area contributed by atoms with Gasteiger partial charge in [0.2, 0.25) is 0 Å². The molecule has 0 aromatic heterocycles. The number of ether oxygens (including phenoxy) is 1. The minimum atomic E-state index is -0.619. The summed E-state index contributed by atoms with van der Waals surface area (Å²) in [7, 11) is 0. The van der Waals surface area contributed by atoms with E-state index in [1.165, 1.54) is 12.8 Å². The van der Waals surface area contributed by atoms with Crippen molar-refractivity contribution in [2.24, 2.45) is 5.92 Å². The molecule has 1 saturated carbocycles. The van der Waals surface area contributed by atoms with E-state index in [0.29, 0.717) is 0 Å². The summed E-state index contributed by atoms with van der Waals surface area (Å²) in [6.45, 7) is 5.19. The Morgan fingerprint density at radius 2 is 1.76 bits per heavy atom. The highest BCUT2D eigenvalue weighted by atomic mass is 16.5. The van der Waals surface area contributed by atoms with Crippen molar-refractivity contribution in [2.45, 2.75) is 70.8 Å². The van der Waals surface area contributed by atoms with Crippen molar-refractivity contribution in [3.8, 4) is 5.75 Å². The fourth-order valence-corrected chi connectivity index (χ4v) is 3.34. The standard InChI is InChI=1S/C19H30O2/c1-3-5-15-21-18-9-7-17(8-10-18)19(20)13-11-16(6-4-2)12-14-19/h7-10,16,20H,3-6,11-15H2,1-2H3. The Kier molecular flexibility index (Phi) is 6.10. The number of hydrogen-bond donors (Lipinski definition) is 1. The van der Waals surface area contributed by atoms with Crippen LogP contribution in [0.25, 0.3) is 0 Å². The second kappa shape index (κ2) is 7.84. The lowest BCUT2D eigenvalue weighted by molar-refractivity contribution is -0.0152. The van der Waals surface area contributed by atoms with Crippen LogP contribution in [-0.2, 0) is 5.60 Å². The molecule has 1 aliphatic carbocycles. The van der Waals surface area contributed by atoms with E-state index >= 15 is 0 Å². The van der Waals surface area contributed by atoms with Gasteiger partial charge in [-0.1, -0.05) is 45.2 Å². The van der Waals surface area contributed by atoms with Gasteiger partial charge in [0.1, 0.15) is 5.75 Å². The molecule has 1 aromatic rings. The van der Waals surface area contributed by atoms with E-state index in [9.17, 15) is 5.11 Å². The number of aliphatic hydroxyl groups is 1. The van der Waals surface area contributed by atoms with E-state index in [2.05, 4.69) is 13.8 Å². The van der Waals surface area contributed by atoms with Crippen LogP contribution in [0.1, 0.15) is 70.8 Å². The van der Waals surface area contributed by atoms with Gasteiger partial charge >= 0.3 is 0 Å². The minimum Gasteiger partial charge on any atom is -0.494 e. The third-order valence-electron chi connectivity index (χ3n) is 4.79. The van der Waals surface area contributed by atoms with Gasteiger partial charge in [-0.05, 0) is 55.7 Å². The van der Waals surface area contributed by atoms with E-state index in [4.69, 9.17) is 4.74 Å². The zero-order chi connectivity index (χ0) is 15.1. The largest absolute Gasteiger partial charge is 0.494 e. The van der Waals surface area contributed by atoms with Crippen molar-refractivity contribution in [1.29, 1.82) is 0 Å². The van der Waals surface area contributed by atoms with Gasteiger partial charge in [0.05, 0.1) is 12.2 Å². The van der Waals surface area contributed by atoms with Crippen LogP contribution in [0.2, 0.25) is 0 Å². The first kappa shape index (κ1) is 16.4. The maximum absolute atomic E-state index is 10.9. The Balaban J connectivity index is 1.92. The maximum Gasteiger partial charge on any atom is 0.119 e. The lowest BCUT2D eigenvalue weighted by Crippen LogP contribution is -2.31. The Labute approximate surface area is 129 Å². The molecule has 2 rings (SSSR count). The highest BCUT2D eigenvalue weighted by Gasteiger charge is 2.34. The molecule has 0 heterocycles. The molecular weight excluding hydrogens is 260 g/mol. The molecule has 0 atom stereocenters. The van der Waals surface area contributed by atoms with Crippen molar-refractivity contribution in [1.82, 2.24) is 0 Å². The normalized spacial score (nSPS) is 25.8. The van der Waals surface area contributed by atoms with Gasteiger partial charge in [-0.15, -0.1) is 0 Å². The van der Waals surface area contributed by atoms with Crippen LogP contribution in [0.15, 0.2) is 24.3 Å². The van der Waals surface area contributed by atoms with Gasteiger partial charge in [0, 0.05) is 0 Å². The Hall–Kier alpha value is -1.02. The predicted octanol–water partition coefficient (Wildman–Crippen LogP) is 5.04. The summed E-state index contributed by atoms with van der Waals surface area (Å²) in [6.07, 6.45) is 8.90. The zero-order valence-corrected chi connectivity index (χ0v) is 13.6. The van der Waals surface area contributed by atoms with E-state index in [1.54, 1.807) is 0 Å². The van der Waals surface area contributed by atoms with Crippen LogP contribution in [0.4, 0.5) is 0 Å². The summed E-state index contributed by atoms with van der Waals surface area (Å²) in [6, 6.07) is 8.09. The van der Waals surface area contributed by atoms with E-state index < -0.39 is 5.60 Å². The quantitative estimate of drug-likeness (QED) is 0.713. The number of unbranched alkanes of at least 4 members (excludes halogenated alkanes) is 1. The third-order valence-corrected chi connectivity index (χ3v) is 4.79. The maximum atomic E-state index is 10.9. The van der Waals surface area contributed by atoms with Crippen molar-refractivity contribution >= 4 is 0 Å². The molecule has 0 radical (unpaired) electrons. The molecule has 1 aromatic carbocycles.